The number of hydrogen-bond acceptors (Lipinski definition) is 4. The molecule has 0 radical (unpaired) electrons. The lowest BCUT2D eigenvalue weighted by Crippen LogP contribution is -2.10. The summed E-state index contributed by atoms with van der Waals surface area (Å²) in [6, 6.07) is 19.0. The lowest BCUT2D eigenvalue weighted by molar-refractivity contribution is -0.136. The number of carbonyl (C=O) groups is 1. The van der Waals surface area contributed by atoms with E-state index < -0.39 is 5.97 Å². The second-order valence-electron chi connectivity index (χ2n) is 9.25. The van der Waals surface area contributed by atoms with Gasteiger partial charge in [0.2, 0.25) is 0 Å². The Hall–Kier alpha value is -3.18. The molecule has 0 spiro atoms. The highest BCUT2D eigenvalue weighted by Crippen LogP contribution is 2.34. The van der Waals surface area contributed by atoms with Crippen molar-refractivity contribution in [1.82, 2.24) is 4.98 Å². The molecule has 0 bridgehead atoms. The highest BCUT2D eigenvalue weighted by atomic mass is 16.5. The third-order valence-electron chi connectivity index (χ3n) is 6.46. The largest absolute Gasteiger partial charge is 0.481 e. The first-order valence-electron chi connectivity index (χ1n) is 12.6. The van der Waals surface area contributed by atoms with E-state index >= 15 is 0 Å². The number of carboxylic acid groups (broad SMARTS) is 1. The smallest absolute Gasteiger partial charge is 0.303 e. The Labute approximate surface area is 209 Å². The molecule has 0 aliphatic rings. The number of nitrogens with one attached hydrogen (secondary N) is 1. The van der Waals surface area contributed by atoms with Gasteiger partial charge in [0, 0.05) is 37.4 Å². The average Bonchev–Trinajstić information content (AvgIpc) is 2.84. The van der Waals surface area contributed by atoms with Gasteiger partial charge in [-0.1, -0.05) is 61.5 Å². The number of aliphatic carboxylic acids is 1. The van der Waals surface area contributed by atoms with Gasteiger partial charge in [-0.25, -0.2) is 4.98 Å². The van der Waals surface area contributed by atoms with Crippen LogP contribution in [0.15, 0.2) is 54.6 Å². The summed E-state index contributed by atoms with van der Waals surface area (Å²) in [6.07, 6.45) is 2.70. The number of pyridine rings is 1. The lowest BCUT2D eigenvalue weighted by Gasteiger charge is -2.19. The normalized spacial score (nSPS) is 11.9. The van der Waals surface area contributed by atoms with Gasteiger partial charge >= 0.3 is 5.97 Å². The maximum atomic E-state index is 11.2. The fourth-order valence-corrected chi connectivity index (χ4v) is 4.49. The quantitative estimate of drug-likeness (QED) is 0.273. The van der Waals surface area contributed by atoms with E-state index in [1.807, 2.05) is 32.0 Å². The summed E-state index contributed by atoms with van der Waals surface area (Å²) in [5.41, 5.74) is 7.63. The van der Waals surface area contributed by atoms with Gasteiger partial charge < -0.3 is 15.2 Å². The first-order valence-corrected chi connectivity index (χ1v) is 12.6. The Bertz CT molecular complexity index is 1090. The second-order valence-corrected chi connectivity index (χ2v) is 9.25. The topological polar surface area (TPSA) is 71.5 Å². The number of nitrogens with zero attached hydrogens (tertiary/aromatic N) is 1. The van der Waals surface area contributed by atoms with Crippen LogP contribution in [0.2, 0.25) is 0 Å². The number of aryl methyl sites for hydroxylation is 1. The SMILES string of the molecule is CCOCCC(C)Cc1ccc(CNc2nc(C)c(CCC(=O)O)c(C)c2-c2ccccc2)cc1. The number of hydrogen-bond donors (Lipinski definition) is 2. The summed E-state index contributed by atoms with van der Waals surface area (Å²) in [4.78, 5) is 16.1. The van der Waals surface area contributed by atoms with Gasteiger partial charge in [0.1, 0.15) is 5.82 Å². The van der Waals surface area contributed by atoms with Crippen molar-refractivity contribution in [3.05, 3.63) is 82.5 Å². The van der Waals surface area contributed by atoms with Crippen LogP contribution in [0, 0.1) is 19.8 Å². The summed E-state index contributed by atoms with van der Waals surface area (Å²) >= 11 is 0. The highest BCUT2D eigenvalue weighted by molar-refractivity contribution is 5.80. The minimum Gasteiger partial charge on any atom is -0.481 e. The third kappa shape index (κ3) is 7.66. The number of aromatic nitrogens is 1. The molecule has 2 aromatic carbocycles. The molecule has 5 heteroatoms. The maximum absolute atomic E-state index is 11.2. The Morgan fingerprint density at radius 2 is 1.74 bits per heavy atom. The average molecular weight is 475 g/mol. The zero-order chi connectivity index (χ0) is 25.2. The van der Waals surface area contributed by atoms with Crippen LogP contribution in [0.1, 0.15) is 54.6 Å². The first-order chi connectivity index (χ1) is 16.9. The van der Waals surface area contributed by atoms with Crippen LogP contribution >= 0.6 is 0 Å². The van der Waals surface area contributed by atoms with Gasteiger partial charge in [0.15, 0.2) is 0 Å². The van der Waals surface area contributed by atoms with E-state index in [0.717, 1.165) is 59.8 Å². The minimum absolute atomic E-state index is 0.0982. The van der Waals surface area contributed by atoms with Gasteiger partial charge in [-0.05, 0) is 73.8 Å². The van der Waals surface area contributed by atoms with Crippen molar-refractivity contribution in [3.8, 4) is 11.1 Å². The molecule has 3 aromatic rings. The molecule has 3 rings (SSSR count). The van der Waals surface area contributed by atoms with Crippen LogP contribution in [-0.2, 0) is 28.9 Å². The molecule has 0 saturated carbocycles. The van der Waals surface area contributed by atoms with E-state index in [4.69, 9.17) is 9.72 Å². The summed E-state index contributed by atoms with van der Waals surface area (Å²) in [5.74, 6) is 0.632. The van der Waals surface area contributed by atoms with Crippen LogP contribution < -0.4 is 5.32 Å². The third-order valence-corrected chi connectivity index (χ3v) is 6.46. The molecule has 1 heterocycles. The number of benzene rings is 2. The maximum Gasteiger partial charge on any atom is 0.303 e. The number of carboxylic acids is 1. The predicted molar refractivity (Wildman–Crippen MR) is 143 cm³/mol. The van der Waals surface area contributed by atoms with Crippen LogP contribution in [0.3, 0.4) is 0 Å². The van der Waals surface area contributed by atoms with Crippen molar-refractivity contribution in [2.45, 2.75) is 59.9 Å². The molecule has 35 heavy (non-hydrogen) atoms. The molecule has 0 fully saturated rings. The molecule has 186 valence electrons. The Balaban J connectivity index is 1.76. The first kappa shape index (κ1) is 26.4. The molecule has 5 nitrogen and oxygen atoms in total. The molecule has 1 atom stereocenters. The fourth-order valence-electron chi connectivity index (χ4n) is 4.49. The van der Waals surface area contributed by atoms with Crippen LogP contribution in [0.5, 0.6) is 0 Å². The van der Waals surface area contributed by atoms with E-state index in [1.54, 1.807) is 0 Å². The molecule has 0 aliphatic carbocycles. The zero-order valence-electron chi connectivity index (χ0n) is 21.4. The number of ether oxygens (including phenoxy) is 1. The van der Waals surface area contributed by atoms with Crippen molar-refractivity contribution in [2.75, 3.05) is 18.5 Å². The van der Waals surface area contributed by atoms with Crippen molar-refractivity contribution in [3.63, 3.8) is 0 Å². The van der Waals surface area contributed by atoms with Crippen LogP contribution in [0.4, 0.5) is 5.82 Å². The molecular weight excluding hydrogens is 436 g/mol. The molecule has 1 aromatic heterocycles. The molecular formula is C30H38N2O3. The molecule has 1 unspecified atom stereocenters. The minimum atomic E-state index is -0.792. The highest BCUT2D eigenvalue weighted by Gasteiger charge is 2.17. The van der Waals surface area contributed by atoms with E-state index in [2.05, 4.69) is 55.6 Å². The lowest BCUT2D eigenvalue weighted by atomic mass is 9.93. The van der Waals surface area contributed by atoms with Gasteiger partial charge in [-0.3, -0.25) is 4.79 Å². The van der Waals surface area contributed by atoms with Crippen molar-refractivity contribution in [1.29, 1.82) is 0 Å². The Morgan fingerprint density at radius 3 is 2.40 bits per heavy atom. The summed E-state index contributed by atoms with van der Waals surface area (Å²) in [6.45, 7) is 10.6. The Morgan fingerprint density at radius 1 is 1.06 bits per heavy atom. The fraction of sp³-hybridized carbons (Fsp3) is 0.400. The monoisotopic (exact) mass is 474 g/mol. The van der Waals surface area contributed by atoms with Crippen LogP contribution in [-0.4, -0.2) is 29.3 Å². The van der Waals surface area contributed by atoms with E-state index in [9.17, 15) is 9.90 Å². The van der Waals surface area contributed by atoms with E-state index in [0.29, 0.717) is 18.9 Å². The van der Waals surface area contributed by atoms with Crippen molar-refractivity contribution < 1.29 is 14.6 Å². The van der Waals surface area contributed by atoms with Crippen molar-refractivity contribution >= 4 is 11.8 Å². The predicted octanol–water partition coefficient (Wildman–Crippen LogP) is 6.60. The Kier molecular flexibility index (Phi) is 9.86. The zero-order valence-corrected chi connectivity index (χ0v) is 21.4. The van der Waals surface area contributed by atoms with Crippen molar-refractivity contribution in [2.24, 2.45) is 5.92 Å². The number of rotatable bonds is 13. The van der Waals surface area contributed by atoms with Gasteiger partial charge in [-0.15, -0.1) is 0 Å². The van der Waals surface area contributed by atoms with Crippen LogP contribution in [0.25, 0.3) is 11.1 Å². The summed E-state index contributed by atoms with van der Waals surface area (Å²) in [5, 5.41) is 12.7. The molecule has 0 aliphatic heterocycles. The molecule has 2 N–H and O–H groups in total. The molecule has 0 amide bonds. The summed E-state index contributed by atoms with van der Waals surface area (Å²) < 4.78 is 5.48. The van der Waals surface area contributed by atoms with Gasteiger partial charge in [0.05, 0.1) is 0 Å². The number of anilines is 1. The summed E-state index contributed by atoms with van der Waals surface area (Å²) in [7, 11) is 0. The van der Waals surface area contributed by atoms with E-state index in [1.165, 1.54) is 11.1 Å². The second kappa shape index (κ2) is 13.1. The van der Waals surface area contributed by atoms with Gasteiger partial charge in [-0.2, -0.15) is 0 Å². The standard InChI is InChI=1S/C30H38N2O3/c1-5-35-18-17-21(2)19-24-11-13-25(14-12-24)20-31-30-29(26-9-7-6-8-10-26)22(3)27(23(4)32-30)15-16-28(33)34/h6-14,21H,5,15-20H2,1-4H3,(H,31,32)(H,33,34). The van der Waals surface area contributed by atoms with E-state index in [-0.39, 0.29) is 6.42 Å². The molecule has 0 saturated heterocycles. The van der Waals surface area contributed by atoms with Gasteiger partial charge in [0.25, 0.3) is 0 Å².